The molecule has 0 unspecified atom stereocenters. The first-order valence-corrected chi connectivity index (χ1v) is 8.44. The molecule has 0 aliphatic heterocycles. The van der Waals surface area contributed by atoms with Gasteiger partial charge in [0.15, 0.2) is 0 Å². The minimum absolute atomic E-state index is 0.0277. The van der Waals surface area contributed by atoms with Crippen LogP contribution in [0.5, 0.6) is 0 Å². The van der Waals surface area contributed by atoms with Crippen LogP contribution in [0.2, 0.25) is 0 Å². The van der Waals surface area contributed by atoms with Crippen LogP contribution in [0, 0.1) is 0 Å². The number of rotatable bonds is 6. The van der Waals surface area contributed by atoms with E-state index in [9.17, 15) is 4.79 Å². The second kappa shape index (κ2) is 8.30. The van der Waals surface area contributed by atoms with Gasteiger partial charge in [-0.3, -0.25) is 9.69 Å². The molecule has 0 saturated heterocycles. The zero-order valence-corrected chi connectivity index (χ0v) is 13.8. The number of nitrogens with zero attached hydrogens (tertiary/aromatic N) is 1. The van der Waals surface area contributed by atoms with Crippen LogP contribution in [0.1, 0.15) is 45.1 Å². The molecule has 1 saturated carbocycles. The van der Waals surface area contributed by atoms with Crippen LogP contribution < -0.4 is 11.1 Å². The van der Waals surface area contributed by atoms with Crippen LogP contribution >= 0.6 is 0 Å². The summed E-state index contributed by atoms with van der Waals surface area (Å²) < 4.78 is 0. The molecule has 22 heavy (non-hydrogen) atoms. The predicted octanol–water partition coefficient (Wildman–Crippen LogP) is 2.28. The fourth-order valence-electron chi connectivity index (χ4n) is 3.23. The average Bonchev–Trinajstić information content (AvgIpc) is 2.54. The molecule has 1 aromatic carbocycles. The Bertz CT molecular complexity index is 453. The number of benzene rings is 1. The molecule has 4 heteroatoms. The molecule has 0 heterocycles. The Kier molecular flexibility index (Phi) is 6.40. The molecule has 0 spiro atoms. The van der Waals surface area contributed by atoms with E-state index in [0.29, 0.717) is 12.1 Å². The molecule has 2 rings (SSSR count). The molecule has 1 aromatic rings. The number of amides is 1. The van der Waals surface area contributed by atoms with E-state index in [2.05, 4.69) is 47.5 Å². The highest BCUT2D eigenvalue weighted by molar-refractivity contribution is 5.81. The average molecular weight is 303 g/mol. The quantitative estimate of drug-likeness (QED) is 0.847. The summed E-state index contributed by atoms with van der Waals surface area (Å²) in [6.07, 6.45) is 4.39. The zero-order valence-electron chi connectivity index (χ0n) is 13.8. The van der Waals surface area contributed by atoms with Crippen LogP contribution in [0.15, 0.2) is 30.3 Å². The molecular formula is C18H29N3O. The maximum absolute atomic E-state index is 11.7. The first-order valence-electron chi connectivity index (χ1n) is 8.44. The van der Waals surface area contributed by atoms with E-state index in [4.69, 9.17) is 5.73 Å². The van der Waals surface area contributed by atoms with Crippen molar-refractivity contribution in [1.82, 2.24) is 10.2 Å². The highest BCUT2D eigenvalue weighted by atomic mass is 16.2. The van der Waals surface area contributed by atoms with Gasteiger partial charge in [-0.2, -0.15) is 0 Å². The highest BCUT2D eigenvalue weighted by Gasteiger charge is 2.26. The number of carbonyl (C=O) groups excluding carboxylic acids is 1. The third-order valence-corrected chi connectivity index (χ3v) is 4.61. The molecule has 0 radical (unpaired) electrons. The summed E-state index contributed by atoms with van der Waals surface area (Å²) >= 11 is 0. The highest BCUT2D eigenvalue weighted by Crippen LogP contribution is 2.24. The van der Waals surface area contributed by atoms with Gasteiger partial charge in [-0.25, -0.2) is 0 Å². The van der Waals surface area contributed by atoms with E-state index in [-0.39, 0.29) is 5.91 Å². The summed E-state index contributed by atoms with van der Waals surface area (Å²) in [5, 5.41) is 3.06. The van der Waals surface area contributed by atoms with E-state index in [1.165, 1.54) is 5.56 Å². The van der Waals surface area contributed by atoms with Crippen LogP contribution in [0.25, 0.3) is 0 Å². The first-order chi connectivity index (χ1) is 10.6. The van der Waals surface area contributed by atoms with Gasteiger partial charge >= 0.3 is 0 Å². The van der Waals surface area contributed by atoms with Crippen LogP contribution in [0.4, 0.5) is 0 Å². The fourth-order valence-corrected chi connectivity index (χ4v) is 3.23. The number of carbonyl (C=O) groups is 1. The Morgan fingerprint density at radius 3 is 2.45 bits per heavy atom. The lowest BCUT2D eigenvalue weighted by Crippen LogP contribution is -2.47. The van der Waals surface area contributed by atoms with Crippen molar-refractivity contribution >= 4 is 5.91 Å². The van der Waals surface area contributed by atoms with E-state index < -0.39 is 6.04 Å². The predicted molar refractivity (Wildman–Crippen MR) is 90.4 cm³/mol. The lowest BCUT2D eigenvalue weighted by Gasteiger charge is -2.36. The molecule has 3 N–H and O–H groups in total. The summed E-state index contributed by atoms with van der Waals surface area (Å²) in [6, 6.07) is 11.1. The minimum Gasteiger partial charge on any atom is -0.352 e. The number of nitrogens with two attached hydrogens (primary N) is 1. The van der Waals surface area contributed by atoms with Gasteiger partial charge < -0.3 is 11.1 Å². The van der Waals surface area contributed by atoms with Gasteiger partial charge in [-0.05, 0) is 44.7 Å². The molecule has 1 aliphatic rings. The maximum Gasteiger partial charge on any atom is 0.236 e. The van der Waals surface area contributed by atoms with Gasteiger partial charge in [0.1, 0.15) is 0 Å². The summed E-state index contributed by atoms with van der Waals surface area (Å²) in [5.74, 6) is -0.0277. The lowest BCUT2D eigenvalue weighted by atomic mass is 9.89. The molecule has 0 aromatic heterocycles. The number of hydrogen-bond acceptors (Lipinski definition) is 3. The first kappa shape index (κ1) is 17.0. The second-order valence-corrected chi connectivity index (χ2v) is 6.35. The van der Waals surface area contributed by atoms with Crippen molar-refractivity contribution in [1.29, 1.82) is 0 Å². The molecule has 0 bridgehead atoms. The lowest BCUT2D eigenvalue weighted by molar-refractivity contribution is -0.123. The third kappa shape index (κ3) is 4.82. The standard InChI is InChI=1S/C18H29N3O/c1-3-21(13-15-7-5-4-6-8-15)17-11-9-16(10-12-17)20-18(22)14(2)19/h4-8,14,16-17H,3,9-13,19H2,1-2H3,(H,20,22)/t14-,16?,17?/m0/s1. The van der Waals surface area contributed by atoms with E-state index >= 15 is 0 Å². The minimum atomic E-state index is -0.414. The SMILES string of the molecule is CCN(Cc1ccccc1)C1CCC(NC(=O)[C@H](C)N)CC1. The van der Waals surface area contributed by atoms with E-state index in [1.54, 1.807) is 6.92 Å². The van der Waals surface area contributed by atoms with Crippen molar-refractivity contribution in [2.75, 3.05) is 6.54 Å². The summed E-state index contributed by atoms with van der Waals surface area (Å²) in [7, 11) is 0. The number of hydrogen-bond donors (Lipinski definition) is 2. The van der Waals surface area contributed by atoms with E-state index in [0.717, 1.165) is 38.8 Å². The van der Waals surface area contributed by atoms with Crippen LogP contribution in [-0.2, 0) is 11.3 Å². The number of nitrogens with one attached hydrogen (secondary N) is 1. The summed E-state index contributed by atoms with van der Waals surface area (Å²) in [4.78, 5) is 14.2. The van der Waals surface area contributed by atoms with Gasteiger partial charge in [0.2, 0.25) is 5.91 Å². The van der Waals surface area contributed by atoms with Gasteiger partial charge in [0, 0.05) is 18.6 Å². The Balaban J connectivity index is 1.83. The molecule has 1 aliphatic carbocycles. The van der Waals surface area contributed by atoms with Crippen molar-refractivity contribution in [2.24, 2.45) is 5.73 Å². The Morgan fingerprint density at radius 1 is 1.27 bits per heavy atom. The van der Waals surface area contributed by atoms with Gasteiger partial charge in [0.05, 0.1) is 6.04 Å². The Labute approximate surface area is 134 Å². The van der Waals surface area contributed by atoms with E-state index in [1.807, 2.05) is 0 Å². The third-order valence-electron chi connectivity index (χ3n) is 4.61. The monoisotopic (exact) mass is 303 g/mol. The van der Waals surface area contributed by atoms with Crippen molar-refractivity contribution in [3.8, 4) is 0 Å². The summed E-state index contributed by atoms with van der Waals surface area (Å²) in [6.45, 7) is 6.04. The van der Waals surface area contributed by atoms with Crippen molar-refractivity contribution in [3.63, 3.8) is 0 Å². The molecule has 1 amide bonds. The second-order valence-electron chi connectivity index (χ2n) is 6.35. The molecular weight excluding hydrogens is 274 g/mol. The van der Waals surface area contributed by atoms with Crippen LogP contribution in [0.3, 0.4) is 0 Å². The van der Waals surface area contributed by atoms with Gasteiger partial charge in [-0.15, -0.1) is 0 Å². The van der Waals surface area contributed by atoms with Crippen molar-refractivity contribution in [3.05, 3.63) is 35.9 Å². The fraction of sp³-hybridized carbons (Fsp3) is 0.611. The topological polar surface area (TPSA) is 58.4 Å². The molecule has 1 fully saturated rings. The largest absolute Gasteiger partial charge is 0.352 e. The van der Waals surface area contributed by atoms with Crippen molar-refractivity contribution in [2.45, 2.75) is 64.2 Å². The zero-order chi connectivity index (χ0) is 15.9. The van der Waals surface area contributed by atoms with Crippen LogP contribution in [-0.4, -0.2) is 35.5 Å². The maximum atomic E-state index is 11.7. The van der Waals surface area contributed by atoms with Gasteiger partial charge in [-0.1, -0.05) is 37.3 Å². The van der Waals surface area contributed by atoms with Crippen molar-refractivity contribution < 1.29 is 4.79 Å². The molecule has 1 atom stereocenters. The smallest absolute Gasteiger partial charge is 0.236 e. The Morgan fingerprint density at radius 2 is 1.91 bits per heavy atom. The molecule has 4 nitrogen and oxygen atoms in total. The normalized spacial score (nSPS) is 23.3. The van der Waals surface area contributed by atoms with Gasteiger partial charge in [0.25, 0.3) is 0 Å². The summed E-state index contributed by atoms with van der Waals surface area (Å²) in [5.41, 5.74) is 6.99. The Hall–Kier alpha value is -1.39. The molecule has 122 valence electrons.